The lowest BCUT2D eigenvalue weighted by atomic mass is 10.2. The smallest absolute Gasteiger partial charge is 0.473 e. The van der Waals surface area contributed by atoms with E-state index in [1.807, 2.05) is 9.80 Å². The van der Waals surface area contributed by atoms with Crippen molar-refractivity contribution in [3.05, 3.63) is 0 Å². The molecule has 0 amide bonds. The lowest BCUT2D eigenvalue weighted by Crippen LogP contribution is -3.12. The van der Waals surface area contributed by atoms with Crippen LogP contribution in [0.15, 0.2) is 0 Å². The predicted molar refractivity (Wildman–Crippen MR) is 141 cm³/mol. The normalized spacial score (nSPS) is 11.8. The number of hydrogen-bond donors (Lipinski definition) is 4. The van der Waals surface area contributed by atoms with Crippen LogP contribution in [0.25, 0.3) is 0 Å². The molecule has 35 heavy (non-hydrogen) atoms. The molecule has 0 unspecified atom stereocenters. The largest absolute Gasteiger partial charge is 0.789 e. The summed E-state index contributed by atoms with van der Waals surface area (Å²) in [5, 5.41) is 0. The molecule has 0 heterocycles. The van der Waals surface area contributed by atoms with Crippen LogP contribution in [0.3, 0.4) is 0 Å². The number of rotatable bonds is 20. The Labute approximate surface area is 216 Å². The first-order valence-electron chi connectivity index (χ1n) is 13.9. The van der Waals surface area contributed by atoms with E-state index < -0.39 is 15.6 Å². The van der Waals surface area contributed by atoms with Gasteiger partial charge in [0.05, 0.1) is 47.1 Å². The molecular formula is C24H58N2O7P2. The zero-order valence-electron chi connectivity index (χ0n) is 23.6. The predicted octanol–water partition coefficient (Wildman–Crippen LogP) is 2.47. The second-order valence-corrected chi connectivity index (χ2v) is 11.7. The van der Waals surface area contributed by atoms with Gasteiger partial charge in [-0.3, -0.25) is 4.31 Å². The fourth-order valence-corrected chi connectivity index (χ4v) is 4.48. The Kier molecular flexibility index (Phi) is 30.9. The van der Waals surface area contributed by atoms with Crippen molar-refractivity contribution in [3.63, 3.8) is 0 Å². The van der Waals surface area contributed by atoms with Crippen molar-refractivity contribution >= 4 is 15.6 Å². The molecule has 0 radical (unpaired) electrons. The van der Waals surface area contributed by atoms with Crippen molar-refractivity contribution in [2.75, 3.05) is 39.3 Å². The zero-order chi connectivity index (χ0) is 27.6. The van der Waals surface area contributed by atoms with Gasteiger partial charge in [-0.05, 0) is 38.5 Å². The quantitative estimate of drug-likeness (QED) is 0.171. The van der Waals surface area contributed by atoms with E-state index in [2.05, 4.69) is 45.9 Å². The van der Waals surface area contributed by atoms with Gasteiger partial charge in [0, 0.05) is 0 Å². The minimum Gasteiger partial charge on any atom is -0.789 e. The van der Waals surface area contributed by atoms with Crippen LogP contribution in [0.5, 0.6) is 0 Å². The standard InChI is InChI=1S/2C12H27N.H4O7P2/c2*1-4-7-10-13(11-8-5-2)12-9-6-3;1-8(2,3)7-9(4,5)6/h2*4-12H2,1-3H3;(H2,1,2,3)(H2,4,5,6). The molecule has 0 aromatic rings. The SMILES string of the molecule is CCCC[NH+](CCCC)CCCC.CCCC[NH+](CCCC)CCCC.O=P([O-])([O-])OP(=O)(O)O. The molecule has 0 saturated carbocycles. The summed E-state index contributed by atoms with van der Waals surface area (Å²) in [6, 6.07) is 0. The van der Waals surface area contributed by atoms with Crippen LogP contribution in [0.2, 0.25) is 0 Å². The third-order valence-electron chi connectivity index (χ3n) is 5.51. The van der Waals surface area contributed by atoms with Gasteiger partial charge in [0.2, 0.25) is 0 Å². The molecule has 4 N–H and O–H groups in total. The molecule has 0 atom stereocenters. The van der Waals surface area contributed by atoms with Crippen LogP contribution in [-0.4, -0.2) is 49.1 Å². The van der Waals surface area contributed by atoms with E-state index in [4.69, 9.17) is 9.79 Å². The summed E-state index contributed by atoms with van der Waals surface area (Å²) in [4.78, 5) is 37.8. The Balaban J connectivity index is -0.000000448. The molecule has 0 aliphatic rings. The van der Waals surface area contributed by atoms with Crippen LogP contribution in [0, 0.1) is 0 Å². The van der Waals surface area contributed by atoms with Crippen LogP contribution >= 0.6 is 15.6 Å². The molecule has 216 valence electrons. The van der Waals surface area contributed by atoms with E-state index in [9.17, 15) is 18.9 Å². The summed E-state index contributed by atoms with van der Waals surface area (Å²) >= 11 is 0. The maximum Gasteiger partial charge on any atom is 0.473 e. The molecule has 0 bridgehead atoms. The molecule has 0 aromatic heterocycles. The van der Waals surface area contributed by atoms with E-state index in [0.717, 1.165) is 0 Å². The van der Waals surface area contributed by atoms with Gasteiger partial charge < -0.3 is 33.9 Å². The number of hydrogen-bond acceptors (Lipinski definition) is 5. The summed E-state index contributed by atoms with van der Waals surface area (Å²) in [6.07, 6.45) is 16.5. The molecule has 0 aliphatic heterocycles. The van der Waals surface area contributed by atoms with Gasteiger partial charge in [0.25, 0.3) is 0 Å². The minimum absolute atomic E-state index is 1.35. The fraction of sp³-hybridized carbons (Fsp3) is 1.00. The third-order valence-corrected chi connectivity index (χ3v) is 7.16. The Bertz CT molecular complexity index is 434. The Morgan fingerprint density at radius 3 is 0.829 bits per heavy atom. The lowest BCUT2D eigenvalue weighted by Gasteiger charge is -2.27. The molecule has 0 aliphatic carbocycles. The summed E-state index contributed by atoms with van der Waals surface area (Å²) in [5.41, 5.74) is 0. The summed E-state index contributed by atoms with van der Waals surface area (Å²) < 4.78 is 21.7. The Morgan fingerprint density at radius 2 is 0.743 bits per heavy atom. The van der Waals surface area contributed by atoms with Crippen LogP contribution in [0.1, 0.15) is 119 Å². The zero-order valence-corrected chi connectivity index (χ0v) is 25.3. The molecule has 0 spiro atoms. The lowest BCUT2D eigenvalue weighted by molar-refractivity contribution is -0.900. The number of phosphoric acid groups is 2. The Morgan fingerprint density at radius 1 is 0.543 bits per heavy atom. The van der Waals surface area contributed by atoms with Gasteiger partial charge >= 0.3 is 7.82 Å². The van der Waals surface area contributed by atoms with E-state index in [0.29, 0.717) is 0 Å². The summed E-state index contributed by atoms with van der Waals surface area (Å²) in [7, 11) is -10.7. The summed E-state index contributed by atoms with van der Waals surface area (Å²) in [6.45, 7) is 22.1. The molecule has 0 rings (SSSR count). The molecular weight excluding hydrogens is 490 g/mol. The Hall–Kier alpha value is 0.180. The van der Waals surface area contributed by atoms with Gasteiger partial charge in [-0.1, -0.05) is 80.1 Å². The molecule has 0 saturated heterocycles. The number of nitrogens with one attached hydrogen (secondary N) is 2. The second kappa shape index (κ2) is 27.2. The van der Waals surface area contributed by atoms with Crippen molar-refractivity contribution in [2.45, 2.75) is 119 Å². The first-order chi connectivity index (χ1) is 16.4. The first-order valence-corrected chi connectivity index (χ1v) is 16.9. The monoisotopic (exact) mass is 548 g/mol. The highest BCUT2D eigenvalue weighted by Gasteiger charge is 2.15. The molecule has 11 heteroatoms. The second-order valence-electron chi connectivity index (χ2n) is 9.14. The average Bonchev–Trinajstić information content (AvgIpc) is 2.76. The molecule has 9 nitrogen and oxygen atoms in total. The number of quaternary nitrogens is 2. The van der Waals surface area contributed by atoms with Gasteiger partial charge in [0.15, 0.2) is 0 Å². The van der Waals surface area contributed by atoms with Gasteiger partial charge in [-0.15, -0.1) is 0 Å². The average molecular weight is 549 g/mol. The molecule has 0 aromatic carbocycles. The van der Waals surface area contributed by atoms with Crippen molar-refractivity contribution in [3.8, 4) is 0 Å². The number of unbranched alkanes of at least 4 members (excludes halogenated alkanes) is 6. The van der Waals surface area contributed by atoms with Crippen LogP contribution in [-0.2, 0) is 13.4 Å². The van der Waals surface area contributed by atoms with Gasteiger partial charge in [0.1, 0.15) is 0 Å². The van der Waals surface area contributed by atoms with E-state index >= 15 is 0 Å². The van der Waals surface area contributed by atoms with Crippen LogP contribution < -0.4 is 19.6 Å². The van der Waals surface area contributed by atoms with Crippen LogP contribution in [0.4, 0.5) is 0 Å². The maximum absolute atomic E-state index is 9.55. The first kappa shape index (κ1) is 39.7. The van der Waals surface area contributed by atoms with E-state index in [-0.39, 0.29) is 0 Å². The van der Waals surface area contributed by atoms with Crippen molar-refractivity contribution < 1.29 is 42.8 Å². The van der Waals surface area contributed by atoms with Gasteiger partial charge in [-0.25, -0.2) is 4.57 Å². The van der Waals surface area contributed by atoms with Crippen molar-refractivity contribution in [1.82, 2.24) is 0 Å². The van der Waals surface area contributed by atoms with E-state index in [1.54, 1.807) is 0 Å². The van der Waals surface area contributed by atoms with Gasteiger partial charge in [-0.2, -0.15) is 0 Å². The third kappa shape index (κ3) is 38.9. The maximum atomic E-state index is 9.55. The minimum atomic E-state index is -5.55. The highest BCUT2D eigenvalue weighted by molar-refractivity contribution is 7.58. The van der Waals surface area contributed by atoms with Crippen molar-refractivity contribution in [1.29, 1.82) is 0 Å². The highest BCUT2D eigenvalue weighted by Crippen LogP contribution is 2.48. The topological polar surface area (TPSA) is 139 Å². The summed E-state index contributed by atoms with van der Waals surface area (Å²) in [5.74, 6) is 0. The van der Waals surface area contributed by atoms with E-state index in [1.165, 1.54) is 116 Å². The fourth-order valence-electron chi connectivity index (χ4n) is 3.44. The highest BCUT2D eigenvalue weighted by atomic mass is 31.3. The molecule has 0 fully saturated rings. The van der Waals surface area contributed by atoms with Crippen molar-refractivity contribution in [2.24, 2.45) is 0 Å².